The Bertz CT molecular complexity index is 227. The van der Waals surface area contributed by atoms with Gasteiger partial charge in [-0.1, -0.05) is 0 Å². The van der Waals surface area contributed by atoms with Gasteiger partial charge in [0.05, 0.1) is 6.10 Å². The molecule has 3 nitrogen and oxygen atoms in total. The Morgan fingerprint density at radius 2 is 2.14 bits per heavy atom. The lowest BCUT2D eigenvalue weighted by Gasteiger charge is -2.18. The minimum atomic E-state index is -4.80. The molecule has 2 unspecified atom stereocenters. The summed E-state index contributed by atoms with van der Waals surface area (Å²) in [5, 5.41) is 9.14. The van der Waals surface area contributed by atoms with Crippen LogP contribution in [0, 0.1) is 5.92 Å². The van der Waals surface area contributed by atoms with Crippen molar-refractivity contribution in [2.24, 2.45) is 5.92 Å². The molecule has 0 saturated carbocycles. The average molecular weight is 211 g/mol. The van der Waals surface area contributed by atoms with Crippen LogP contribution in [0.1, 0.15) is 13.3 Å². The smallest absolute Gasteiger partial charge is 0.393 e. The molecule has 0 radical (unpaired) electrons. The zero-order valence-electron chi connectivity index (χ0n) is 7.71. The van der Waals surface area contributed by atoms with E-state index in [1.54, 1.807) is 0 Å². The van der Waals surface area contributed by atoms with Crippen molar-refractivity contribution in [1.29, 1.82) is 0 Å². The van der Waals surface area contributed by atoms with Gasteiger partial charge in [0.25, 0.3) is 0 Å². The summed E-state index contributed by atoms with van der Waals surface area (Å²) < 4.78 is 35.9. The van der Waals surface area contributed by atoms with Crippen molar-refractivity contribution in [3.63, 3.8) is 0 Å². The summed E-state index contributed by atoms with van der Waals surface area (Å²) in [6.07, 6.45) is -5.03. The lowest BCUT2D eigenvalue weighted by atomic mass is 10.0. The van der Waals surface area contributed by atoms with Crippen LogP contribution in [0.15, 0.2) is 0 Å². The molecule has 1 rings (SSSR count). The average Bonchev–Trinajstić information content (AvgIpc) is 2.48. The largest absolute Gasteiger partial charge is 0.471 e. The zero-order chi connectivity index (χ0) is 10.9. The standard InChI is InChI=1S/C8H12F3NO2/c1-5(13)6-2-3-12(4-6)7(14)8(9,10)11/h5-6,13H,2-4H2,1H3. The van der Waals surface area contributed by atoms with Gasteiger partial charge in [-0.15, -0.1) is 0 Å². The van der Waals surface area contributed by atoms with Crippen LogP contribution in [-0.4, -0.2) is 41.3 Å². The van der Waals surface area contributed by atoms with Crippen molar-refractivity contribution < 1.29 is 23.1 Å². The Morgan fingerprint density at radius 3 is 2.50 bits per heavy atom. The van der Waals surface area contributed by atoms with Crippen LogP contribution in [0.25, 0.3) is 0 Å². The molecule has 0 aromatic rings. The maximum Gasteiger partial charge on any atom is 0.471 e. The number of nitrogens with zero attached hydrogens (tertiary/aromatic N) is 1. The number of aliphatic hydroxyl groups is 1. The number of alkyl halides is 3. The van der Waals surface area contributed by atoms with E-state index in [2.05, 4.69) is 0 Å². The van der Waals surface area contributed by atoms with Crippen LogP contribution in [0.2, 0.25) is 0 Å². The number of carbonyl (C=O) groups excluding carboxylic acids is 1. The molecule has 6 heteroatoms. The molecule has 0 aliphatic carbocycles. The normalized spacial score (nSPS) is 25.2. The van der Waals surface area contributed by atoms with E-state index in [0.29, 0.717) is 6.42 Å². The lowest BCUT2D eigenvalue weighted by Crippen LogP contribution is -2.40. The third-order valence-electron chi connectivity index (χ3n) is 2.44. The number of rotatable bonds is 1. The summed E-state index contributed by atoms with van der Waals surface area (Å²) >= 11 is 0. The van der Waals surface area contributed by atoms with Gasteiger partial charge in [-0.3, -0.25) is 4.79 Å². The zero-order valence-corrected chi connectivity index (χ0v) is 7.71. The highest BCUT2D eigenvalue weighted by Gasteiger charge is 2.44. The second-order valence-electron chi connectivity index (χ2n) is 3.54. The van der Waals surface area contributed by atoms with E-state index in [1.165, 1.54) is 6.92 Å². The fourth-order valence-electron chi connectivity index (χ4n) is 1.54. The summed E-state index contributed by atoms with van der Waals surface area (Å²) in [4.78, 5) is 11.5. The topological polar surface area (TPSA) is 40.5 Å². The van der Waals surface area contributed by atoms with Crippen molar-refractivity contribution in [2.45, 2.75) is 25.6 Å². The molecule has 1 saturated heterocycles. The Hall–Kier alpha value is -0.780. The predicted molar refractivity (Wildman–Crippen MR) is 42.4 cm³/mol. The van der Waals surface area contributed by atoms with Crippen LogP contribution in [0.5, 0.6) is 0 Å². The van der Waals surface area contributed by atoms with Crippen molar-refractivity contribution in [2.75, 3.05) is 13.1 Å². The van der Waals surface area contributed by atoms with Gasteiger partial charge in [0.1, 0.15) is 0 Å². The van der Waals surface area contributed by atoms with Gasteiger partial charge in [-0.2, -0.15) is 13.2 Å². The van der Waals surface area contributed by atoms with E-state index in [1.807, 2.05) is 0 Å². The third-order valence-corrected chi connectivity index (χ3v) is 2.44. The first kappa shape index (κ1) is 11.3. The molecule has 0 spiro atoms. The number of likely N-dealkylation sites (tertiary alicyclic amines) is 1. The SMILES string of the molecule is CC(O)C1CCN(C(=O)C(F)(F)F)C1. The minimum Gasteiger partial charge on any atom is -0.393 e. The molecule has 2 atom stereocenters. The molecular formula is C8H12F3NO2. The molecule has 0 aromatic carbocycles. The van der Waals surface area contributed by atoms with Gasteiger partial charge in [0.15, 0.2) is 0 Å². The van der Waals surface area contributed by atoms with E-state index in [-0.39, 0.29) is 19.0 Å². The molecule has 0 aromatic heterocycles. The van der Waals surface area contributed by atoms with Crippen molar-refractivity contribution in [1.82, 2.24) is 4.90 Å². The van der Waals surface area contributed by atoms with E-state index >= 15 is 0 Å². The van der Waals surface area contributed by atoms with Crippen LogP contribution < -0.4 is 0 Å². The monoisotopic (exact) mass is 211 g/mol. The highest BCUT2D eigenvalue weighted by atomic mass is 19.4. The van der Waals surface area contributed by atoms with Gasteiger partial charge in [-0.05, 0) is 13.3 Å². The Kier molecular flexibility index (Phi) is 3.04. The van der Waals surface area contributed by atoms with Crippen LogP contribution >= 0.6 is 0 Å². The first-order valence-electron chi connectivity index (χ1n) is 4.36. The first-order chi connectivity index (χ1) is 6.32. The van der Waals surface area contributed by atoms with Gasteiger partial charge in [-0.25, -0.2) is 0 Å². The number of halogens is 3. The molecule has 82 valence electrons. The van der Waals surface area contributed by atoms with Gasteiger partial charge < -0.3 is 10.0 Å². The van der Waals surface area contributed by atoms with E-state index in [0.717, 1.165) is 4.90 Å². The second kappa shape index (κ2) is 3.76. The first-order valence-corrected chi connectivity index (χ1v) is 4.36. The molecule has 1 aliphatic heterocycles. The predicted octanol–water partition coefficient (Wildman–Crippen LogP) is 0.778. The molecule has 1 heterocycles. The number of hydrogen-bond acceptors (Lipinski definition) is 2. The molecule has 0 bridgehead atoms. The summed E-state index contributed by atoms with van der Waals surface area (Å²) in [6, 6.07) is 0. The number of carbonyl (C=O) groups is 1. The summed E-state index contributed by atoms with van der Waals surface area (Å²) in [5.41, 5.74) is 0. The van der Waals surface area contributed by atoms with Gasteiger partial charge in [0, 0.05) is 19.0 Å². The molecule has 1 fully saturated rings. The van der Waals surface area contributed by atoms with Crippen molar-refractivity contribution in [3.8, 4) is 0 Å². The number of hydrogen-bond donors (Lipinski definition) is 1. The fraction of sp³-hybridized carbons (Fsp3) is 0.875. The van der Waals surface area contributed by atoms with Crippen molar-refractivity contribution >= 4 is 5.91 Å². The Labute approximate surface area is 79.5 Å². The molecule has 1 amide bonds. The minimum absolute atomic E-state index is 0.00396. The third kappa shape index (κ3) is 2.37. The summed E-state index contributed by atoms with van der Waals surface area (Å²) in [5.74, 6) is -2.04. The molecule has 1 aliphatic rings. The van der Waals surface area contributed by atoms with E-state index in [9.17, 15) is 18.0 Å². The second-order valence-corrected chi connectivity index (χ2v) is 3.54. The maximum absolute atomic E-state index is 12.0. The summed E-state index contributed by atoms with van der Waals surface area (Å²) in [6.45, 7) is 1.59. The van der Waals surface area contributed by atoms with Crippen LogP contribution in [0.4, 0.5) is 13.2 Å². The van der Waals surface area contributed by atoms with Gasteiger partial charge >= 0.3 is 12.1 Å². The quantitative estimate of drug-likeness (QED) is 0.696. The van der Waals surface area contributed by atoms with E-state index < -0.39 is 18.2 Å². The highest BCUT2D eigenvalue weighted by Crippen LogP contribution is 2.25. The fourth-order valence-corrected chi connectivity index (χ4v) is 1.54. The van der Waals surface area contributed by atoms with Crippen molar-refractivity contribution in [3.05, 3.63) is 0 Å². The van der Waals surface area contributed by atoms with E-state index in [4.69, 9.17) is 5.11 Å². The lowest BCUT2D eigenvalue weighted by molar-refractivity contribution is -0.184. The van der Waals surface area contributed by atoms with Crippen LogP contribution in [0.3, 0.4) is 0 Å². The molecule has 14 heavy (non-hydrogen) atoms. The molecule has 1 N–H and O–H groups in total. The maximum atomic E-state index is 12.0. The number of amides is 1. The number of aliphatic hydroxyl groups excluding tert-OH is 1. The summed E-state index contributed by atoms with van der Waals surface area (Å²) in [7, 11) is 0. The highest BCUT2D eigenvalue weighted by molar-refractivity contribution is 5.82. The Balaban J connectivity index is 2.54. The Morgan fingerprint density at radius 1 is 1.57 bits per heavy atom. The van der Waals surface area contributed by atoms with Gasteiger partial charge in [0.2, 0.25) is 0 Å². The van der Waals surface area contributed by atoms with Crippen LogP contribution in [-0.2, 0) is 4.79 Å². The molecular weight excluding hydrogens is 199 g/mol.